The third kappa shape index (κ3) is 9.59. The highest BCUT2D eigenvalue weighted by molar-refractivity contribution is 7.26. The number of thiophene rings is 2. The van der Waals surface area contributed by atoms with Crippen molar-refractivity contribution in [2.24, 2.45) is 0 Å². The Morgan fingerprint density at radius 2 is 0.774 bits per heavy atom. The summed E-state index contributed by atoms with van der Waals surface area (Å²) in [5.41, 5.74) is 16.4. The van der Waals surface area contributed by atoms with Crippen LogP contribution in [0.15, 0.2) is 303 Å². The van der Waals surface area contributed by atoms with E-state index < -0.39 is 0 Å². The molecule has 0 saturated heterocycles. The van der Waals surface area contributed by atoms with Crippen molar-refractivity contribution in [1.29, 1.82) is 0 Å². The van der Waals surface area contributed by atoms with E-state index in [0.29, 0.717) is 11.0 Å². The van der Waals surface area contributed by atoms with Crippen molar-refractivity contribution in [1.82, 2.24) is 24.5 Å². The van der Waals surface area contributed by atoms with Crippen LogP contribution in [0.5, 0.6) is 0 Å². The van der Waals surface area contributed by atoms with Gasteiger partial charge in [-0.2, -0.15) is 0 Å². The third-order valence-electron chi connectivity index (χ3n) is 18.2. The van der Waals surface area contributed by atoms with Crippen molar-refractivity contribution in [3.63, 3.8) is 0 Å². The summed E-state index contributed by atoms with van der Waals surface area (Å²) in [6, 6.07) is 107. The molecule has 436 valence electrons. The molecule has 0 aliphatic heterocycles. The Bertz CT molecular complexity index is 6190. The summed E-state index contributed by atoms with van der Waals surface area (Å²) in [6.45, 7) is 0. The zero-order chi connectivity index (χ0) is 61.5. The molecule has 5 aromatic heterocycles. The van der Waals surface area contributed by atoms with Gasteiger partial charge in [0.05, 0.1) is 22.1 Å². The molecule has 0 fully saturated rings. The van der Waals surface area contributed by atoms with Crippen molar-refractivity contribution in [3.05, 3.63) is 320 Å². The largest absolute Gasteiger partial charge is 0.293 e. The summed E-state index contributed by atoms with van der Waals surface area (Å²) in [7, 11) is 0. The molecule has 19 aromatic rings. The molecule has 5 heterocycles. The van der Waals surface area contributed by atoms with Crippen LogP contribution in [0.1, 0.15) is 11.1 Å². The second-order valence-electron chi connectivity index (χ2n) is 23.7. The number of benzene rings is 14. The van der Waals surface area contributed by atoms with Gasteiger partial charge >= 0.3 is 0 Å². The number of halogens is 1. The molecule has 93 heavy (non-hydrogen) atoms. The maximum atomic E-state index is 6.59. The molecule has 1 aliphatic rings. The molecule has 0 amide bonds. The Kier molecular flexibility index (Phi) is 13.3. The number of hydrogen-bond acceptors (Lipinski definition) is 6. The van der Waals surface area contributed by atoms with E-state index in [1.165, 1.54) is 100 Å². The Hall–Kier alpha value is -11.2. The fourth-order valence-corrected chi connectivity index (χ4v) is 16.5. The van der Waals surface area contributed by atoms with E-state index in [4.69, 9.17) is 26.6 Å². The van der Waals surface area contributed by atoms with Crippen molar-refractivity contribution < 1.29 is 0 Å². The van der Waals surface area contributed by atoms with Gasteiger partial charge in [-0.3, -0.25) is 4.57 Å². The van der Waals surface area contributed by atoms with Crippen molar-refractivity contribution in [3.8, 4) is 62.0 Å². The van der Waals surface area contributed by atoms with Crippen molar-refractivity contribution in [2.75, 3.05) is 0 Å². The summed E-state index contributed by atoms with van der Waals surface area (Å²) in [5, 5.41) is 14.9. The maximum Gasteiger partial charge on any atom is 0.163 e. The number of aromatic nitrogens is 5. The SMILES string of the molecule is Clc1nc(-c2cccc3c2sc2ccccc23)nc2cc(-c3ccccc3)ccc12.c1ccc(-c2ccc3c(-n4c5ccccc5c5cc6ccccc6cc54)nc(-c4cccc5c4sc4ccccc45)nc3c2)cc1.c1ccc2c(c1)Cc1cc3ccccc3cc1-2. The Morgan fingerprint density at radius 1 is 0.290 bits per heavy atom. The summed E-state index contributed by atoms with van der Waals surface area (Å²) < 4.78 is 7.28. The van der Waals surface area contributed by atoms with Crippen LogP contribution in [-0.4, -0.2) is 24.5 Å². The van der Waals surface area contributed by atoms with Gasteiger partial charge in [-0.25, -0.2) is 19.9 Å². The molecule has 0 radical (unpaired) electrons. The molecule has 0 spiro atoms. The predicted octanol–water partition coefficient (Wildman–Crippen LogP) is 24.0. The van der Waals surface area contributed by atoms with Gasteiger partial charge in [-0.1, -0.05) is 242 Å². The molecule has 0 bridgehead atoms. The van der Waals surface area contributed by atoms with E-state index in [-0.39, 0.29) is 0 Å². The van der Waals surface area contributed by atoms with Crippen LogP contribution in [-0.2, 0) is 6.42 Å². The van der Waals surface area contributed by atoms with E-state index in [1.807, 2.05) is 35.6 Å². The molecule has 1 aliphatic carbocycles. The van der Waals surface area contributed by atoms with Crippen molar-refractivity contribution in [2.45, 2.75) is 6.42 Å². The Balaban J connectivity index is 0.000000115. The fraction of sp³-hybridized carbons (Fsp3) is 0.0118. The van der Waals surface area contributed by atoms with E-state index in [0.717, 1.165) is 78.7 Å². The number of nitrogens with zero attached hydrogens (tertiary/aromatic N) is 5. The van der Waals surface area contributed by atoms with Gasteiger partial charge in [-0.05, 0) is 145 Å². The van der Waals surface area contributed by atoms with Gasteiger partial charge in [0.25, 0.3) is 0 Å². The summed E-state index contributed by atoms with van der Waals surface area (Å²) in [4.78, 5) is 20.4. The average Bonchev–Trinajstić information content (AvgIpc) is 1.66. The molecule has 14 aromatic carbocycles. The van der Waals surface area contributed by atoms with Gasteiger partial charge in [0.2, 0.25) is 0 Å². The van der Waals surface area contributed by atoms with Gasteiger partial charge in [0.15, 0.2) is 11.6 Å². The van der Waals surface area contributed by atoms with Crippen LogP contribution < -0.4 is 0 Å². The minimum Gasteiger partial charge on any atom is -0.293 e. The number of hydrogen-bond donors (Lipinski definition) is 0. The van der Waals surface area contributed by atoms with E-state index >= 15 is 0 Å². The normalized spacial score (nSPS) is 11.9. The molecule has 0 unspecified atom stereocenters. The van der Waals surface area contributed by atoms with Crippen LogP contribution >= 0.6 is 34.3 Å². The number of para-hydroxylation sites is 1. The fourth-order valence-electron chi connectivity index (χ4n) is 13.8. The van der Waals surface area contributed by atoms with Crippen LogP contribution in [0.4, 0.5) is 0 Å². The summed E-state index contributed by atoms with van der Waals surface area (Å²) in [6.07, 6.45) is 1.08. The van der Waals surface area contributed by atoms with E-state index in [9.17, 15) is 0 Å². The Morgan fingerprint density at radius 3 is 1.42 bits per heavy atom. The number of rotatable bonds is 5. The molecule has 0 N–H and O–H groups in total. The first-order valence-corrected chi connectivity index (χ1v) is 33.2. The van der Waals surface area contributed by atoms with E-state index in [1.54, 1.807) is 11.3 Å². The van der Waals surface area contributed by atoms with Gasteiger partial charge in [-0.15, -0.1) is 22.7 Å². The average molecular weight is 1240 g/mol. The lowest BCUT2D eigenvalue weighted by molar-refractivity contribution is 1.08. The second kappa shape index (κ2) is 22.6. The monoisotopic (exact) mass is 1240 g/mol. The van der Waals surface area contributed by atoms with Crippen LogP contribution in [0.25, 0.3) is 167 Å². The summed E-state index contributed by atoms with van der Waals surface area (Å²) >= 11 is 10.2. The van der Waals surface area contributed by atoms with E-state index in [2.05, 4.69) is 289 Å². The van der Waals surface area contributed by atoms with Crippen LogP contribution in [0.3, 0.4) is 0 Å². The number of fused-ring (bicyclic) bond motifs is 16. The first-order chi connectivity index (χ1) is 46.0. The lowest BCUT2D eigenvalue weighted by Gasteiger charge is -2.14. The molecule has 0 saturated carbocycles. The topological polar surface area (TPSA) is 56.5 Å². The lowest BCUT2D eigenvalue weighted by Crippen LogP contribution is -2.03. The lowest BCUT2D eigenvalue weighted by atomic mass is 10.0. The molecule has 20 rings (SSSR count). The standard InChI is InChI=1S/C42H25N3S.C26H15ClN2S.C17H12/c1-2-11-26(12-3-1)29-21-22-33-36(24-29)43-41(34-18-10-17-32-31-16-7-9-20-39(31)46-40(32)34)44-42(33)45-37-19-8-6-15-30(37)35-23-27-13-4-5-14-28(27)25-38(35)45;27-25-20-14-13-17(16-7-2-1-3-8-16)15-22(20)28-26(29-25)21-11-6-10-19-18-9-4-5-12-23(18)30-24(19)21;1-2-6-13-11-17-15(9-12(13)5-1)10-14-7-3-4-8-16(14)17/h1-25H;1-15H;1-9,11H,10H2. The maximum absolute atomic E-state index is 6.59. The Labute approximate surface area is 548 Å². The third-order valence-corrected chi connectivity index (χ3v) is 21.0. The molecular formula is C85H52ClN5S2. The minimum atomic E-state index is 0.479. The van der Waals surface area contributed by atoms with Gasteiger partial charge < -0.3 is 0 Å². The van der Waals surface area contributed by atoms with Gasteiger partial charge in [0.1, 0.15) is 11.0 Å². The smallest absolute Gasteiger partial charge is 0.163 e. The highest BCUT2D eigenvalue weighted by atomic mass is 35.5. The molecule has 0 atom stereocenters. The van der Waals surface area contributed by atoms with Gasteiger partial charge in [0, 0.05) is 73.0 Å². The van der Waals surface area contributed by atoms with Crippen LogP contribution in [0.2, 0.25) is 5.15 Å². The zero-order valence-corrected chi connectivity index (χ0v) is 52.4. The predicted molar refractivity (Wildman–Crippen MR) is 396 cm³/mol. The highest BCUT2D eigenvalue weighted by Crippen LogP contribution is 2.44. The summed E-state index contributed by atoms with van der Waals surface area (Å²) in [5.74, 6) is 2.28. The zero-order valence-electron chi connectivity index (χ0n) is 50.0. The van der Waals surface area contributed by atoms with Crippen LogP contribution in [0, 0.1) is 0 Å². The minimum absolute atomic E-state index is 0.479. The molecular weight excluding hydrogens is 1190 g/mol. The molecule has 5 nitrogen and oxygen atoms in total. The molecule has 8 heteroatoms. The van der Waals surface area contributed by atoms with Crippen molar-refractivity contribution >= 4 is 140 Å². The quantitative estimate of drug-likeness (QED) is 0.161. The first-order valence-electron chi connectivity index (χ1n) is 31.2. The second-order valence-corrected chi connectivity index (χ2v) is 26.2. The highest BCUT2D eigenvalue weighted by Gasteiger charge is 2.22. The first kappa shape index (κ1) is 54.7.